The van der Waals surface area contributed by atoms with E-state index in [4.69, 9.17) is 21.1 Å². The van der Waals surface area contributed by atoms with Crippen molar-refractivity contribution in [2.24, 2.45) is 10.9 Å². The highest BCUT2D eigenvalue weighted by molar-refractivity contribution is 7.08. The molecular formula is C25H27ClN2O6S. The number of rotatable bonds is 10. The number of aliphatic imine (C=N–C) groups is 1. The summed E-state index contributed by atoms with van der Waals surface area (Å²) in [4.78, 5) is 41.9. The number of ether oxygens (including phenoxy) is 2. The third kappa shape index (κ3) is 6.15. The average molecular weight is 519 g/mol. The highest BCUT2D eigenvalue weighted by Crippen LogP contribution is 2.43. The fourth-order valence-corrected chi connectivity index (χ4v) is 5.22. The van der Waals surface area contributed by atoms with Crippen molar-refractivity contribution in [1.82, 2.24) is 0 Å². The number of nitrogens with zero attached hydrogens (tertiary/aromatic N) is 2. The molecular weight excluding hydrogens is 492 g/mol. The molecule has 8 nitrogen and oxygen atoms in total. The molecule has 1 aliphatic heterocycles. The first-order chi connectivity index (χ1) is 16.8. The number of carbonyl (C=O) groups is 2. The fourth-order valence-electron chi connectivity index (χ4n) is 4.19. The van der Waals surface area contributed by atoms with E-state index < -0.39 is 28.7 Å². The van der Waals surface area contributed by atoms with Crippen LogP contribution in [0.2, 0.25) is 0 Å². The van der Waals surface area contributed by atoms with Gasteiger partial charge in [-0.3, -0.25) is 19.9 Å². The van der Waals surface area contributed by atoms with E-state index in [1.54, 1.807) is 38.2 Å². The summed E-state index contributed by atoms with van der Waals surface area (Å²) in [6.07, 6.45) is 0.857. The van der Waals surface area contributed by atoms with Crippen molar-refractivity contribution in [3.05, 3.63) is 73.6 Å². The Balaban J connectivity index is 2.13. The van der Waals surface area contributed by atoms with E-state index in [1.165, 1.54) is 18.2 Å². The van der Waals surface area contributed by atoms with Crippen molar-refractivity contribution in [3.8, 4) is 0 Å². The van der Waals surface area contributed by atoms with Crippen LogP contribution in [0.4, 0.5) is 5.69 Å². The maximum absolute atomic E-state index is 13.3. The molecule has 0 N–H and O–H groups in total. The minimum absolute atomic E-state index is 0.122. The molecule has 2 heterocycles. The lowest BCUT2D eigenvalue weighted by atomic mass is 9.75. The van der Waals surface area contributed by atoms with Gasteiger partial charge in [-0.25, -0.2) is 4.79 Å². The van der Waals surface area contributed by atoms with E-state index in [2.05, 4.69) is 4.99 Å². The van der Waals surface area contributed by atoms with Crippen molar-refractivity contribution < 1.29 is 24.0 Å². The largest absolute Gasteiger partial charge is 0.465 e. The molecule has 3 atom stereocenters. The van der Waals surface area contributed by atoms with E-state index in [9.17, 15) is 19.7 Å². The van der Waals surface area contributed by atoms with Crippen molar-refractivity contribution >= 4 is 46.3 Å². The Morgan fingerprint density at radius 2 is 1.97 bits per heavy atom. The van der Waals surface area contributed by atoms with E-state index in [0.29, 0.717) is 29.8 Å². The Labute approximate surface area is 212 Å². The molecule has 1 aromatic carbocycles. The first-order valence-corrected chi connectivity index (χ1v) is 12.7. The van der Waals surface area contributed by atoms with E-state index >= 15 is 0 Å². The summed E-state index contributed by atoms with van der Waals surface area (Å²) in [7, 11) is 0. The second-order valence-electron chi connectivity index (χ2n) is 7.96. The van der Waals surface area contributed by atoms with Crippen LogP contribution in [0, 0.1) is 16.0 Å². The van der Waals surface area contributed by atoms with E-state index in [-0.39, 0.29) is 29.9 Å². The Kier molecular flexibility index (Phi) is 9.17. The highest BCUT2D eigenvalue weighted by atomic mass is 35.5. The molecule has 3 unspecified atom stereocenters. The molecule has 0 fully saturated rings. The predicted molar refractivity (Wildman–Crippen MR) is 135 cm³/mol. The quantitative estimate of drug-likeness (QED) is 0.166. The van der Waals surface area contributed by atoms with Crippen LogP contribution in [0.1, 0.15) is 56.0 Å². The lowest BCUT2D eigenvalue weighted by Gasteiger charge is -2.32. The zero-order valence-electron chi connectivity index (χ0n) is 19.7. The summed E-state index contributed by atoms with van der Waals surface area (Å²) in [5.41, 5.74) is 2.39. The van der Waals surface area contributed by atoms with Crippen LogP contribution in [0.15, 0.2) is 57.4 Å². The number of nitro benzene ring substituents is 1. The van der Waals surface area contributed by atoms with Crippen molar-refractivity contribution in [2.75, 3.05) is 13.2 Å². The van der Waals surface area contributed by atoms with Crippen LogP contribution in [0.5, 0.6) is 0 Å². The average Bonchev–Trinajstić information content (AvgIpc) is 3.37. The Morgan fingerprint density at radius 3 is 2.60 bits per heavy atom. The van der Waals surface area contributed by atoms with Crippen LogP contribution < -0.4 is 0 Å². The summed E-state index contributed by atoms with van der Waals surface area (Å²) in [6, 6.07) is 7.88. The molecule has 1 aliphatic rings. The molecule has 3 rings (SSSR count). The molecule has 0 spiro atoms. The van der Waals surface area contributed by atoms with Gasteiger partial charge in [-0.1, -0.05) is 12.1 Å². The lowest BCUT2D eigenvalue weighted by molar-refractivity contribution is -0.384. The fraction of sp³-hybridized carbons (Fsp3) is 0.400. The van der Waals surface area contributed by atoms with Gasteiger partial charge in [-0.05, 0) is 61.6 Å². The van der Waals surface area contributed by atoms with Crippen molar-refractivity contribution in [2.45, 2.75) is 44.9 Å². The monoisotopic (exact) mass is 518 g/mol. The molecule has 0 aliphatic carbocycles. The van der Waals surface area contributed by atoms with Gasteiger partial charge in [0, 0.05) is 23.8 Å². The summed E-state index contributed by atoms with van der Waals surface area (Å²) in [6.45, 7) is 5.34. The number of benzene rings is 1. The first-order valence-electron chi connectivity index (χ1n) is 11.3. The smallest absolute Gasteiger partial charge is 0.336 e. The van der Waals surface area contributed by atoms with Gasteiger partial charge in [0.1, 0.15) is 5.92 Å². The number of allylic oxidation sites excluding steroid dienone is 1. The van der Waals surface area contributed by atoms with Gasteiger partial charge in [0.05, 0.1) is 34.8 Å². The van der Waals surface area contributed by atoms with Gasteiger partial charge in [0.15, 0.2) is 0 Å². The Hall–Kier alpha value is -3.04. The molecule has 0 bridgehead atoms. The van der Waals surface area contributed by atoms with Gasteiger partial charge < -0.3 is 9.47 Å². The molecule has 0 amide bonds. The van der Waals surface area contributed by atoms with Crippen LogP contribution in [0.3, 0.4) is 0 Å². The molecule has 35 heavy (non-hydrogen) atoms. The standard InChI is InChI=1S/C25H27ClN2O6S/c1-4-33-24(29)21-15(3)27-20(10-9-19(26)17-11-12-35-14-17)23(25(30)34-5-2)22(21)16-7-6-8-18(13-16)28(31)32/h6-8,11-14,19,21-22H,4-5,9-10H2,1-3H3. The van der Waals surface area contributed by atoms with Gasteiger partial charge in [-0.2, -0.15) is 11.3 Å². The van der Waals surface area contributed by atoms with Gasteiger partial charge >= 0.3 is 11.9 Å². The maximum Gasteiger partial charge on any atom is 0.336 e. The minimum atomic E-state index is -0.927. The lowest BCUT2D eigenvalue weighted by Crippen LogP contribution is -2.37. The number of hydrogen-bond donors (Lipinski definition) is 0. The minimum Gasteiger partial charge on any atom is -0.465 e. The number of halogens is 1. The Morgan fingerprint density at radius 1 is 1.23 bits per heavy atom. The predicted octanol–water partition coefficient (Wildman–Crippen LogP) is 5.97. The number of thiophene rings is 1. The normalized spacial score (nSPS) is 18.6. The number of non-ortho nitro benzene ring substituents is 1. The van der Waals surface area contributed by atoms with Gasteiger partial charge in [0.2, 0.25) is 0 Å². The van der Waals surface area contributed by atoms with Crippen LogP contribution in [-0.2, 0) is 19.1 Å². The second kappa shape index (κ2) is 12.1. The van der Waals surface area contributed by atoms with Crippen LogP contribution in [-0.4, -0.2) is 35.8 Å². The zero-order valence-corrected chi connectivity index (χ0v) is 21.3. The van der Waals surface area contributed by atoms with Gasteiger partial charge in [-0.15, -0.1) is 11.6 Å². The summed E-state index contributed by atoms with van der Waals surface area (Å²) in [5.74, 6) is -2.95. The van der Waals surface area contributed by atoms with Crippen LogP contribution in [0.25, 0.3) is 0 Å². The highest BCUT2D eigenvalue weighted by Gasteiger charge is 2.43. The molecule has 0 saturated heterocycles. The SMILES string of the molecule is CCOC(=O)C1=C(CCC(Cl)c2ccsc2)N=C(C)C(C(=O)OCC)C1c1cccc([N+](=O)[O-])c1. The maximum atomic E-state index is 13.3. The third-order valence-corrected chi connectivity index (χ3v) is 6.90. The molecule has 2 aromatic rings. The third-order valence-electron chi connectivity index (χ3n) is 5.73. The topological polar surface area (TPSA) is 108 Å². The zero-order chi connectivity index (χ0) is 25.5. The van der Waals surface area contributed by atoms with E-state index in [0.717, 1.165) is 5.56 Å². The number of esters is 2. The number of alkyl halides is 1. The number of carbonyl (C=O) groups excluding carboxylic acids is 2. The number of hydrogen-bond acceptors (Lipinski definition) is 8. The summed E-state index contributed by atoms with van der Waals surface area (Å²) < 4.78 is 10.7. The second-order valence-corrected chi connectivity index (χ2v) is 9.26. The van der Waals surface area contributed by atoms with Crippen molar-refractivity contribution in [3.63, 3.8) is 0 Å². The number of nitro groups is 1. The van der Waals surface area contributed by atoms with Gasteiger partial charge in [0.25, 0.3) is 5.69 Å². The van der Waals surface area contributed by atoms with E-state index in [1.807, 2.05) is 16.8 Å². The molecule has 0 radical (unpaired) electrons. The first kappa shape index (κ1) is 26.6. The Bertz CT molecular complexity index is 1140. The molecule has 10 heteroatoms. The van der Waals surface area contributed by atoms with Crippen LogP contribution >= 0.6 is 22.9 Å². The molecule has 0 saturated carbocycles. The molecule has 186 valence electrons. The van der Waals surface area contributed by atoms with Crippen molar-refractivity contribution in [1.29, 1.82) is 0 Å². The summed E-state index contributed by atoms with van der Waals surface area (Å²) in [5, 5.41) is 15.1. The molecule has 1 aromatic heterocycles. The summed E-state index contributed by atoms with van der Waals surface area (Å²) >= 11 is 8.14.